The summed E-state index contributed by atoms with van der Waals surface area (Å²) in [5.41, 5.74) is 0.978. The highest BCUT2D eigenvalue weighted by atomic mass is 16.7. The van der Waals surface area contributed by atoms with Crippen molar-refractivity contribution in [2.24, 2.45) is 0 Å². The number of nitrogens with zero attached hydrogens (tertiary/aromatic N) is 4. The molecule has 2 atom stereocenters. The third-order valence-electron chi connectivity index (χ3n) is 6.27. The van der Waals surface area contributed by atoms with E-state index in [1.54, 1.807) is 29.3 Å². The lowest BCUT2D eigenvalue weighted by molar-refractivity contribution is -0.141. The molecular weight excluding hydrogens is 454 g/mol. The second-order valence-electron chi connectivity index (χ2n) is 9.21. The van der Waals surface area contributed by atoms with Crippen molar-refractivity contribution in [2.75, 3.05) is 48.5 Å². The number of anilines is 3. The Bertz CT molecular complexity index is 1110. The van der Waals surface area contributed by atoms with Gasteiger partial charge in [-0.15, -0.1) is 0 Å². The molecule has 0 saturated carbocycles. The molecule has 11 nitrogen and oxygen atoms in total. The average molecular weight is 484 g/mol. The Morgan fingerprint density at radius 1 is 1.26 bits per heavy atom. The number of esters is 1. The zero-order chi connectivity index (χ0) is 24.6. The number of fused-ring (bicyclic) bond motifs is 4. The van der Waals surface area contributed by atoms with Crippen molar-refractivity contribution in [3.05, 3.63) is 36.2 Å². The van der Waals surface area contributed by atoms with Crippen LogP contribution in [-0.4, -0.2) is 73.3 Å². The summed E-state index contributed by atoms with van der Waals surface area (Å²) in [6.07, 6.45) is 3.21. The van der Waals surface area contributed by atoms with E-state index in [0.29, 0.717) is 37.1 Å². The van der Waals surface area contributed by atoms with Crippen molar-refractivity contribution >= 4 is 29.3 Å². The van der Waals surface area contributed by atoms with Crippen LogP contribution in [0.1, 0.15) is 37.2 Å². The summed E-state index contributed by atoms with van der Waals surface area (Å²) < 4.78 is 21.8. The van der Waals surface area contributed by atoms with Gasteiger partial charge in [0.25, 0.3) is 0 Å². The van der Waals surface area contributed by atoms with Gasteiger partial charge < -0.3 is 23.8 Å². The molecule has 0 radical (unpaired) electrons. The highest BCUT2D eigenvalue weighted by Gasteiger charge is 2.39. The molecule has 5 rings (SSSR count). The van der Waals surface area contributed by atoms with Crippen LogP contribution in [-0.2, 0) is 14.2 Å². The third-order valence-corrected chi connectivity index (χ3v) is 6.27. The van der Waals surface area contributed by atoms with E-state index in [1.165, 1.54) is 7.11 Å². The highest BCUT2D eigenvalue weighted by Crippen LogP contribution is 2.38. The predicted octanol–water partition coefficient (Wildman–Crippen LogP) is 2.81. The van der Waals surface area contributed by atoms with Gasteiger partial charge in [0, 0.05) is 13.1 Å². The van der Waals surface area contributed by atoms with Crippen molar-refractivity contribution in [1.82, 2.24) is 9.97 Å². The Morgan fingerprint density at radius 3 is 2.83 bits per heavy atom. The van der Waals surface area contributed by atoms with E-state index in [-0.39, 0.29) is 23.9 Å². The molecule has 3 aliphatic rings. The lowest BCUT2D eigenvalue weighted by atomic mass is 10.00. The van der Waals surface area contributed by atoms with Gasteiger partial charge in [-0.1, -0.05) is 0 Å². The lowest BCUT2D eigenvalue weighted by Gasteiger charge is -2.45. The number of aromatic nitrogens is 2. The van der Waals surface area contributed by atoms with Crippen molar-refractivity contribution < 1.29 is 28.5 Å². The van der Waals surface area contributed by atoms with E-state index in [0.717, 1.165) is 25.1 Å². The van der Waals surface area contributed by atoms with Gasteiger partial charge in [-0.2, -0.15) is 0 Å². The molecule has 186 valence electrons. The van der Waals surface area contributed by atoms with Crippen LogP contribution in [0.25, 0.3) is 0 Å². The summed E-state index contributed by atoms with van der Waals surface area (Å²) >= 11 is 0. The number of carbonyl (C=O) groups is 2. The quantitative estimate of drug-likeness (QED) is 0.641. The fourth-order valence-corrected chi connectivity index (χ4v) is 4.65. The highest BCUT2D eigenvalue weighted by molar-refractivity contribution is 6.04. The smallest absolute Gasteiger partial charge is 0.356 e. The maximum Gasteiger partial charge on any atom is 0.356 e. The zero-order valence-electron chi connectivity index (χ0n) is 20.0. The minimum absolute atomic E-state index is 0.0582. The number of piperidine rings is 1. The van der Waals surface area contributed by atoms with Crippen LogP contribution in [0.3, 0.4) is 0 Å². The minimum atomic E-state index is -0.602. The Balaban J connectivity index is 1.28. The van der Waals surface area contributed by atoms with Crippen LogP contribution in [0.4, 0.5) is 22.1 Å². The molecule has 0 aliphatic carbocycles. The van der Waals surface area contributed by atoms with Gasteiger partial charge in [0.15, 0.2) is 17.3 Å². The fourth-order valence-electron chi connectivity index (χ4n) is 4.65. The van der Waals surface area contributed by atoms with Crippen LogP contribution in [0.5, 0.6) is 5.75 Å². The molecule has 2 aromatic heterocycles. The van der Waals surface area contributed by atoms with Crippen LogP contribution < -0.4 is 19.9 Å². The molecule has 11 heteroatoms. The van der Waals surface area contributed by atoms with Crippen LogP contribution in [0, 0.1) is 0 Å². The summed E-state index contributed by atoms with van der Waals surface area (Å²) in [5.74, 6) is 0.243. The van der Waals surface area contributed by atoms with Gasteiger partial charge in [0.05, 0.1) is 31.6 Å². The van der Waals surface area contributed by atoms with Gasteiger partial charge in [0.2, 0.25) is 0 Å². The van der Waals surface area contributed by atoms with Crippen LogP contribution in [0.15, 0.2) is 30.5 Å². The van der Waals surface area contributed by atoms with Crippen molar-refractivity contribution in [2.45, 2.75) is 44.6 Å². The first-order chi connectivity index (χ1) is 16.8. The monoisotopic (exact) mass is 483 g/mol. The van der Waals surface area contributed by atoms with Gasteiger partial charge in [-0.05, 0) is 51.0 Å². The molecule has 2 aromatic rings. The summed E-state index contributed by atoms with van der Waals surface area (Å²) in [5, 5.41) is 2.85. The van der Waals surface area contributed by atoms with E-state index in [2.05, 4.69) is 20.2 Å². The SMILES string of the molecule is COC(=O)c1ccc2c(n1)N(C(=O)Nc1ccc(OC[C@@H]3COC(C)(C)O3)cn1)[C@H]1CCCN2C1. The number of hydrogen-bond donors (Lipinski definition) is 1. The van der Waals surface area contributed by atoms with E-state index in [4.69, 9.17) is 18.9 Å². The van der Waals surface area contributed by atoms with Crippen LogP contribution in [0.2, 0.25) is 0 Å². The van der Waals surface area contributed by atoms with E-state index in [1.807, 2.05) is 19.9 Å². The summed E-state index contributed by atoms with van der Waals surface area (Å²) in [6.45, 7) is 6.14. The molecule has 5 heterocycles. The van der Waals surface area contributed by atoms with Crippen molar-refractivity contribution in [1.29, 1.82) is 0 Å². The van der Waals surface area contributed by atoms with Crippen LogP contribution >= 0.6 is 0 Å². The number of rotatable bonds is 5. The summed E-state index contributed by atoms with van der Waals surface area (Å²) in [6, 6.07) is 6.45. The molecule has 2 amide bonds. The maximum atomic E-state index is 13.4. The fraction of sp³-hybridized carbons (Fsp3) is 0.500. The second-order valence-corrected chi connectivity index (χ2v) is 9.21. The zero-order valence-corrected chi connectivity index (χ0v) is 20.0. The normalized spacial score (nSPS) is 22.4. The number of ether oxygens (including phenoxy) is 4. The molecule has 0 aromatic carbocycles. The minimum Gasteiger partial charge on any atom is -0.489 e. The Hall–Kier alpha value is -3.44. The number of nitrogens with one attached hydrogen (secondary N) is 1. The number of hydrogen-bond acceptors (Lipinski definition) is 9. The Morgan fingerprint density at radius 2 is 2.11 bits per heavy atom. The number of carbonyl (C=O) groups excluding carboxylic acids is 2. The molecule has 2 bridgehead atoms. The Labute approximate surface area is 203 Å². The molecule has 1 N–H and O–H groups in total. The van der Waals surface area contributed by atoms with E-state index < -0.39 is 11.8 Å². The summed E-state index contributed by atoms with van der Waals surface area (Å²) in [7, 11) is 1.31. The molecular formula is C24H29N5O6. The second kappa shape index (κ2) is 9.31. The first kappa shape index (κ1) is 23.3. The topological polar surface area (TPSA) is 115 Å². The largest absolute Gasteiger partial charge is 0.489 e. The van der Waals surface area contributed by atoms with Crippen molar-refractivity contribution in [3.8, 4) is 5.75 Å². The predicted molar refractivity (Wildman–Crippen MR) is 127 cm³/mol. The maximum absolute atomic E-state index is 13.4. The van der Waals surface area contributed by atoms with E-state index in [9.17, 15) is 9.59 Å². The van der Waals surface area contributed by atoms with Gasteiger partial charge in [-0.25, -0.2) is 19.6 Å². The van der Waals surface area contributed by atoms with Crippen molar-refractivity contribution in [3.63, 3.8) is 0 Å². The summed E-state index contributed by atoms with van der Waals surface area (Å²) in [4.78, 5) is 38.1. The number of pyridine rings is 2. The number of urea groups is 1. The molecule has 0 unspecified atom stereocenters. The molecule has 2 saturated heterocycles. The average Bonchev–Trinajstić information content (AvgIpc) is 3.21. The van der Waals surface area contributed by atoms with Gasteiger partial charge in [-0.3, -0.25) is 10.2 Å². The number of methoxy groups -OCH3 is 1. The molecule has 0 spiro atoms. The van der Waals surface area contributed by atoms with Gasteiger partial charge in [0.1, 0.15) is 24.3 Å². The number of amides is 2. The Kier molecular flexibility index (Phi) is 6.20. The molecule has 3 aliphatic heterocycles. The standard InChI is InChI=1S/C24H29N5O6/c1-24(2)34-14-17(35-24)13-33-16-6-9-20(25-11-16)27-23(31)29-15-5-4-10-28(12-15)19-8-7-18(22(30)32-3)26-21(19)29/h6-9,11,15,17H,4-5,10,12-14H2,1-3H3,(H,25,27,31)/t15-,17+/m0/s1. The first-order valence-electron chi connectivity index (χ1n) is 11.7. The molecule has 35 heavy (non-hydrogen) atoms. The molecule has 2 fully saturated rings. The third kappa shape index (κ3) is 4.87. The first-order valence-corrected chi connectivity index (χ1v) is 11.7. The van der Waals surface area contributed by atoms with Gasteiger partial charge >= 0.3 is 12.0 Å². The van der Waals surface area contributed by atoms with E-state index >= 15 is 0 Å². The lowest BCUT2D eigenvalue weighted by Crippen LogP contribution is -2.56.